The summed E-state index contributed by atoms with van der Waals surface area (Å²) in [6, 6.07) is 16.1. The first-order valence-electron chi connectivity index (χ1n) is 8.86. The smallest absolute Gasteiger partial charge is 0.249 e. The van der Waals surface area contributed by atoms with Crippen molar-refractivity contribution < 1.29 is 4.79 Å². The minimum atomic E-state index is -0.623. The van der Waals surface area contributed by atoms with Crippen LogP contribution < -0.4 is 5.32 Å². The Bertz CT molecular complexity index is 1080. The van der Waals surface area contributed by atoms with Crippen molar-refractivity contribution in [1.29, 1.82) is 0 Å². The Balaban J connectivity index is 1.84. The van der Waals surface area contributed by atoms with Crippen LogP contribution in [-0.2, 0) is 11.2 Å². The predicted molar refractivity (Wildman–Crippen MR) is 114 cm³/mol. The lowest BCUT2D eigenvalue weighted by Crippen LogP contribution is -2.27. The highest BCUT2D eigenvalue weighted by Gasteiger charge is 2.27. The van der Waals surface area contributed by atoms with Gasteiger partial charge < -0.3 is 5.32 Å². The Hall–Kier alpha value is -2.69. The van der Waals surface area contributed by atoms with E-state index in [-0.39, 0.29) is 5.91 Å². The molecule has 2 aromatic carbocycles. The summed E-state index contributed by atoms with van der Waals surface area (Å²) in [6.07, 6.45) is 2.16. The third kappa shape index (κ3) is 3.79. The highest BCUT2D eigenvalue weighted by atomic mass is 35.5. The molecule has 1 aliphatic heterocycles. The summed E-state index contributed by atoms with van der Waals surface area (Å²) >= 11 is 12.5. The van der Waals surface area contributed by atoms with E-state index in [1.165, 1.54) is 0 Å². The van der Waals surface area contributed by atoms with Gasteiger partial charge in [0.25, 0.3) is 0 Å². The van der Waals surface area contributed by atoms with Crippen molar-refractivity contribution in [2.45, 2.75) is 19.4 Å². The van der Waals surface area contributed by atoms with Gasteiger partial charge >= 0.3 is 0 Å². The summed E-state index contributed by atoms with van der Waals surface area (Å²) in [6.45, 7) is 1.93. The number of fused-ring (bicyclic) bond motifs is 1. The van der Waals surface area contributed by atoms with Crippen LogP contribution in [0.1, 0.15) is 22.4 Å². The van der Waals surface area contributed by atoms with Crippen molar-refractivity contribution in [2.75, 3.05) is 5.32 Å². The topological polar surface area (TPSA) is 54.4 Å². The number of aryl methyl sites for hydroxylation is 1. The Kier molecular flexibility index (Phi) is 5.16. The fraction of sp³-hybridized carbons (Fsp3) is 0.136. The van der Waals surface area contributed by atoms with Crippen molar-refractivity contribution in [3.8, 4) is 0 Å². The van der Waals surface area contributed by atoms with Gasteiger partial charge in [-0.15, -0.1) is 0 Å². The number of hydrogen-bond donors (Lipinski definition) is 1. The highest BCUT2D eigenvalue weighted by Crippen LogP contribution is 2.28. The summed E-state index contributed by atoms with van der Waals surface area (Å²) in [5.74, 6) is -0.182. The van der Waals surface area contributed by atoms with E-state index in [9.17, 15) is 4.79 Å². The third-order valence-electron chi connectivity index (χ3n) is 4.64. The van der Waals surface area contributed by atoms with Crippen molar-refractivity contribution in [1.82, 2.24) is 4.98 Å². The minimum Gasteiger partial charge on any atom is -0.324 e. The SMILES string of the molecule is Cc1ccc(C2=NC(Cc3ccccc3Cl)C(=O)Nc3ccc(Cl)cc32)cn1. The molecule has 1 atom stereocenters. The van der Waals surface area contributed by atoms with Gasteiger partial charge in [0.1, 0.15) is 6.04 Å². The number of benzene rings is 2. The average molecular weight is 410 g/mol. The normalized spacial score (nSPS) is 16.0. The van der Waals surface area contributed by atoms with E-state index in [4.69, 9.17) is 28.2 Å². The van der Waals surface area contributed by atoms with E-state index in [1.54, 1.807) is 18.3 Å². The number of benzodiazepines with no additional fused rings is 1. The van der Waals surface area contributed by atoms with Crippen LogP contribution in [0.25, 0.3) is 0 Å². The van der Waals surface area contributed by atoms with E-state index in [0.717, 1.165) is 22.4 Å². The molecule has 0 fully saturated rings. The van der Waals surface area contributed by atoms with Crippen molar-refractivity contribution in [3.05, 3.63) is 93.2 Å². The lowest BCUT2D eigenvalue weighted by molar-refractivity contribution is -0.117. The second-order valence-electron chi connectivity index (χ2n) is 6.66. The molecule has 6 heteroatoms. The summed E-state index contributed by atoms with van der Waals surface area (Å²) < 4.78 is 0. The van der Waals surface area contributed by atoms with Crippen LogP contribution in [0.3, 0.4) is 0 Å². The molecule has 3 aromatic rings. The van der Waals surface area contributed by atoms with Gasteiger partial charge in [0.2, 0.25) is 5.91 Å². The fourth-order valence-electron chi connectivity index (χ4n) is 3.17. The Morgan fingerprint density at radius 2 is 1.89 bits per heavy atom. The Labute approximate surface area is 173 Å². The summed E-state index contributed by atoms with van der Waals surface area (Å²) in [5.41, 5.74) is 4.74. The first kappa shape index (κ1) is 18.7. The molecular weight excluding hydrogens is 393 g/mol. The molecule has 4 nitrogen and oxygen atoms in total. The van der Waals surface area contributed by atoms with Gasteiger partial charge in [-0.1, -0.05) is 41.4 Å². The van der Waals surface area contributed by atoms with Crippen LogP contribution in [0, 0.1) is 6.92 Å². The molecule has 140 valence electrons. The first-order chi connectivity index (χ1) is 13.5. The van der Waals surface area contributed by atoms with Crippen LogP contribution >= 0.6 is 23.2 Å². The second-order valence-corrected chi connectivity index (χ2v) is 7.50. The molecule has 0 aliphatic carbocycles. The molecule has 1 amide bonds. The number of aliphatic imine (C=N–C) groups is 1. The quantitative estimate of drug-likeness (QED) is 0.654. The lowest BCUT2D eigenvalue weighted by Gasteiger charge is -2.12. The summed E-state index contributed by atoms with van der Waals surface area (Å²) in [5, 5.41) is 4.17. The maximum Gasteiger partial charge on any atom is 0.249 e. The van der Waals surface area contributed by atoms with Gasteiger partial charge in [0.15, 0.2) is 0 Å². The van der Waals surface area contributed by atoms with Gasteiger partial charge in [-0.25, -0.2) is 0 Å². The Morgan fingerprint density at radius 1 is 1.07 bits per heavy atom. The number of carbonyl (C=O) groups excluding carboxylic acids is 1. The van der Waals surface area contributed by atoms with Gasteiger partial charge in [0.05, 0.1) is 11.4 Å². The molecule has 1 N–H and O–H groups in total. The van der Waals surface area contributed by atoms with Crippen LogP contribution in [0.15, 0.2) is 65.8 Å². The predicted octanol–water partition coefficient (Wildman–Crippen LogP) is 5.10. The van der Waals surface area contributed by atoms with Crippen molar-refractivity contribution >= 4 is 40.5 Å². The standard InChI is InChI=1S/C22H17Cl2N3O/c1-13-6-7-15(12-25-13)21-17-11-16(23)8-9-19(17)27-22(28)20(26-21)10-14-4-2-3-5-18(14)24/h2-9,11-12,20H,10H2,1H3,(H,27,28). The van der Waals surface area contributed by atoms with Gasteiger partial charge in [0, 0.05) is 39.5 Å². The monoisotopic (exact) mass is 409 g/mol. The van der Waals surface area contributed by atoms with E-state index < -0.39 is 6.04 Å². The molecule has 28 heavy (non-hydrogen) atoms. The number of carbonyl (C=O) groups is 1. The second kappa shape index (κ2) is 7.74. The number of anilines is 1. The maximum absolute atomic E-state index is 12.9. The Morgan fingerprint density at radius 3 is 2.64 bits per heavy atom. The van der Waals surface area contributed by atoms with Crippen LogP contribution in [0.4, 0.5) is 5.69 Å². The van der Waals surface area contributed by atoms with Crippen LogP contribution in [0.2, 0.25) is 10.0 Å². The number of nitrogens with zero attached hydrogens (tertiary/aromatic N) is 2. The lowest BCUT2D eigenvalue weighted by atomic mass is 10.0. The molecule has 0 saturated heterocycles. The zero-order valence-electron chi connectivity index (χ0n) is 15.1. The molecular formula is C22H17Cl2N3O. The molecule has 4 rings (SSSR count). The van der Waals surface area contributed by atoms with Gasteiger partial charge in [-0.2, -0.15) is 0 Å². The van der Waals surface area contributed by atoms with Crippen LogP contribution in [0.5, 0.6) is 0 Å². The van der Waals surface area contributed by atoms with E-state index >= 15 is 0 Å². The summed E-state index contributed by atoms with van der Waals surface area (Å²) in [4.78, 5) is 22.1. The number of aromatic nitrogens is 1. The number of amides is 1. The number of hydrogen-bond acceptors (Lipinski definition) is 3. The zero-order valence-corrected chi connectivity index (χ0v) is 16.6. The third-order valence-corrected chi connectivity index (χ3v) is 5.24. The average Bonchev–Trinajstić information content (AvgIpc) is 2.81. The molecule has 1 unspecified atom stereocenters. The number of nitrogens with one attached hydrogen (secondary N) is 1. The molecule has 0 bridgehead atoms. The molecule has 0 saturated carbocycles. The van der Waals surface area contributed by atoms with Crippen molar-refractivity contribution in [3.63, 3.8) is 0 Å². The van der Waals surface area contributed by atoms with Gasteiger partial charge in [-0.05, 0) is 48.9 Å². The van der Waals surface area contributed by atoms with Crippen molar-refractivity contribution in [2.24, 2.45) is 4.99 Å². The molecule has 2 heterocycles. The number of pyridine rings is 1. The first-order valence-corrected chi connectivity index (χ1v) is 9.62. The van der Waals surface area contributed by atoms with E-state index in [1.807, 2.05) is 49.4 Å². The minimum absolute atomic E-state index is 0.182. The number of halogens is 2. The highest BCUT2D eigenvalue weighted by molar-refractivity contribution is 6.32. The molecule has 0 radical (unpaired) electrons. The largest absolute Gasteiger partial charge is 0.324 e. The van der Waals surface area contributed by atoms with E-state index in [0.29, 0.717) is 27.9 Å². The molecule has 0 spiro atoms. The molecule has 1 aromatic heterocycles. The summed E-state index contributed by atoms with van der Waals surface area (Å²) in [7, 11) is 0. The fourth-order valence-corrected chi connectivity index (χ4v) is 3.55. The zero-order chi connectivity index (χ0) is 19.7. The van der Waals surface area contributed by atoms with Crippen LogP contribution in [-0.4, -0.2) is 22.6 Å². The van der Waals surface area contributed by atoms with E-state index in [2.05, 4.69) is 10.3 Å². The number of rotatable bonds is 3. The maximum atomic E-state index is 12.9. The van der Waals surface area contributed by atoms with Gasteiger partial charge in [-0.3, -0.25) is 14.8 Å². The molecule has 1 aliphatic rings.